The van der Waals surface area contributed by atoms with Gasteiger partial charge in [-0.1, -0.05) is 23.7 Å². The minimum Gasteiger partial charge on any atom is -0.367 e. The van der Waals surface area contributed by atoms with Crippen molar-refractivity contribution in [3.05, 3.63) is 57.6 Å². The summed E-state index contributed by atoms with van der Waals surface area (Å²) in [6, 6.07) is 10.2. The van der Waals surface area contributed by atoms with Crippen molar-refractivity contribution in [2.24, 2.45) is 0 Å². The van der Waals surface area contributed by atoms with Gasteiger partial charge in [0.2, 0.25) is 5.91 Å². The van der Waals surface area contributed by atoms with Gasteiger partial charge in [0.15, 0.2) is 0 Å². The van der Waals surface area contributed by atoms with Gasteiger partial charge in [0.1, 0.15) is 6.07 Å². The van der Waals surface area contributed by atoms with Crippen molar-refractivity contribution < 1.29 is 18.0 Å². The number of rotatable bonds is 3. The molecule has 2 aliphatic heterocycles. The molecule has 5 nitrogen and oxygen atoms in total. The Hall–Kier alpha value is -2.76. The number of hydrogen-bond donors (Lipinski definition) is 0. The van der Waals surface area contributed by atoms with Gasteiger partial charge in [0, 0.05) is 37.4 Å². The molecule has 2 aromatic rings. The maximum absolute atomic E-state index is 13.2. The van der Waals surface area contributed by atoms with E-state index in [9.17, 15) is 23.2 Å². The molecule has 0 bridgehead atoms. The van der Waals surface area contributed by atoms with Gasteiger partial charge in [-0.3, -0.25) is 9.69 Å². The fraction of sp³-hybridized carbons (Fsp3) is 0.440. The molecule has 1 fully saturated rings. The quantitative estimate of drug-likeness (QED) is 0.614. The number of fused-ring (bicyclic) bond motifs is 1. The van der Waals surface area contributed by atoms with Crippen LogP contribution in [0.4, 0.5) is 24.5 Å². The number of benzene rings is 2. The van der Waals surface area contributed by atoms with Crippen LogP contribution in [0.3, 0.4) is 0 Å². The summed E-state index contributed by atoms with van der Waals surface area (Å²) in [5.41, 5.74) is 2.15. The second kappa shape index (κ2) is 9.12. The van der Waals surface area contributed by atoms with E-state index in [1.54, 1.807) is 4.90 Å². The highest BCUT2D eigenvalue weighted by atomic mass is 35.5. The van der Waals surface area contributed by atoms with Crippen molar-refractivity contribution in [1.82, 2.24) is 4.90 Å². The molecule has 2 aromatic carbocycles. The number of nitriles is 1. The van der Waals surface area contributed by atoms with Crippen molar-refractivity contribution in [3.63, 3.8) is 0 Å². The minimum absolute atomic E-state index is 0.144. The van der Waals surface area contributed by atoms with E-state index >= 15 is 0 Å². The second-order valence-electron chi connectivity index (χ2n) is 9.13. The lowest BCUT2D eigenvalue weighted by Gasteiger charge is -2.44. The Bertz CT molecular complexity index is 1150. The van der Waals surface area contributed by atoms with Crippen molar-refractivity contribution >= 4 is 28.9 Å². The van der Waals surface area contributed by atoms with E-state index in [0.717, 1.165) is 30.4 Å². The highest BCUT2D eigenvalue weighted by Gasteiger charge is 2.35. The molecule has 0 aliphatic carbocycles. The van der Waals surface area contributed by atoms with Crippen LogP contribution in [0.1, 0.15) is 36.1 Å². The number of anilines is 2. The van der Waals surface area contributed by atoms with Crippen molar-refractivity contribution in [2.75, 3.05) is 36.5 Å². The molecule has 0 radical (unpaired) electrons. The Balaban J connectivity index is 1.63. The molecule has 1 amide bonds. The Labute approximate surface area is 202 Å². The number of hydrogen-bond acceptors (Lipinski definition) is 4. The van der Waals surface area contributed by atoms with E-state index in [-0.39, 0.29) is 17.9 Å². The summed E-state index contributed by atoms with van der Waals surface area (Å²) < 4.78 is 39.7. The lowest BCUT2D eigenvalue weighted by molar-refractivity contribution is -0.137. The van der Waals surface area contributed by atoms with E-state index < -0.39 is 16.8 Å². The van der Waals surface area contributed by atoms with E-state index in [0.29, 0.717) is 36.3 Å². The first-order chi connectivity index (χ1) is 16.0. The van der Waals surface area contributed by atoms with E-state index in [1.165, 1.54) is 12.1 Å². The van der Waals surface area contributed by atoms with Gasteiger partial charge in [-0.05, 0) is 56.6 Å². The Morgan fingerprint density at radius 2 is 1.85 bits per heavy atom. The van der Waals surface area contributed by atoms with Crippen LogP contribution < -0.4 is 9.80 Å². The summed E-state index contributed by atoms with van der Waals surface area (Å²) >= 11 is 6.01. The van der Waals surface area contributed by atoms with Crippen LogP contribution in [0.15, 0.2) is 30.3 Å². The van der Waals surface area contributed by atoms with Crippen molar-refractivity contribution in [2.45, 2.75) is 44.9 Å². The standard InChI is InChI=1S/C25H26ClF3N4O/c1-15-13-32(14-16(2)31(15)3)21-11-22-17(9-19(21)12-30)7-8-33(22)23(34)10-18-5-4-6-20(24(18)26)25(27,28)29/h4-6,9,11,15-16H,7-8,10,13-14H2,1-3H3. The Kier molecular flexibility index (Phi) is 6.54. The molecule has 0 N–H and O–H groups in total. The molecule has 2 aliphatic rings. The molecule has 0 aromatic heterocycles. The average Bonchev–Trinajstić information content (AvgIpc) is 3.19. The molecule has 2 unspecified atom stereocenters. The summed E-state index contributed by atoms with van der Waals surface area (Å²) in [5, 5.41) is 9.34. The first-order valence-corrected chi connectivity index (χ1v) is 11.6. The molecular weight excluding hydrogens is 465 g/mol. The van der Waals surface area contributed by atoms with E-state index in [2.05, 4.69) is 36.8 Å². The number of carbonyl (C=O) groups excluding carboxylic acids is 1. The molecule has 2 atom stereocenters. The molecule has 1 saturated heterocycles. The minimum atomic E-state index is -4.59. The predicted molar refractivity (Wildman–Crippen MR) is 126 cm³/mol. The number of piperazine rings is 1. The number of amides is 1. The van der Waals surface area contributed by atoms with Crippen LogP contribution in [0, 0.1) is 11.3 Å². The van der Waals surface area contributed by atoms with Crippen LogP contribution in [0.25, 0.3) is 0 Å². The molecule has 9 heteroatoms. The zero-order valence-corrected chi connectivity index (χ0v) is 20.0. The molecule has 2 heterocycles. The molecule has 0 saturated carbocycles. The SMILES string of the molecule is CC1CN(c2cc3c(cc2C#N)CCN3C(=O)Cc2cccc(C(F)(F)F)c2Cl)CC(C)N1C. The Morgan fingerprint density at radius 1 is 1.18 bits per heavy atom. The first kappa shape index (κ1) is 24.4. The van der Waals surface area contributed by atoms with Gasteiger partial charge in [-0.2, -0.15) is 18.4 Å². The predicted octanol–water partition coefficient (Wildman–Crippen LogP) is 4.89. The Morgan fingerprint density at radius 3 is 2.47 bits per heavy atom. The van der Waals surface area contributed by atoms with Crippen LogP contribution in [-0.4, -0.2) is 49.6 Å². The largest absolute Gasteiger partial charge is 0.417 e. The van der Waals surface area contributed by atoms with E-state index in [1.807, 2.05) is 12.1 Å². The molecule has 0 spiro atoms. The topological polar surface area (TPSA) is 50.6 Å². The molecule has 34 heavy (non-hydrogen) atoms. The fourth-order valence-corrected chi connectivity index (χ4v) is 5.13. The summed E-state index contributed by atoms with van der Waals surface area (Å²) in [6.07, 6.45) is -4.24. The summed E-state index contributed by atoms with van der Waals surface area (Å²) in [6.45, 7) is 6.19. The van der Waals surface area contributed by atoms with Gasteiger partial charge in [0.25, 0.3) is 0 Å². The van der Waals surface area contributed by atoms with Gasteiger partial charge < -0.3 is 9.80 Å². The molecule has 180 valence electrons. The second-order valence-corrected chi connectivity index (χ2v) is 9.50. The third kappa shape index (κ3) is 4.47. The smallest absolute Gasteiger partial charge is 0.367 e. The number of alkyl halides is 3. The van der Waals surface area contributed by atoms with E-state index in [4.69, 9.17) is 11.6 Å². The maximum Gasteiger partial charge on any atom is 0.417 e. The number of carbonyl (C=O) groups is 1. The van der Waals surface area contributed by atoms with Gasteiger partial charge in [-0.25, -0.2) is 0 Å². The highest BCUT2D eigenvalue weighted by Crippen LogP contribution is 2.38. The average molecular weight is 491 g/mol. The number of nitrogens with zero attached hydrogens (tertiary/aromatic N) is 4. The summed E-state index contributed by atoms with van der Waals surface area (Å²) in [5.74, 6) is -0.323. The van der Waals surface area contributed by atoms with Gasteiger partial charge in [-0.15, -0.1) is 0 Å². The molecular formula is C25H26ClF3N4O. The zero-order valence-electron chi connectivity index (χ0n) is 19.3. The van der Waals surface area contributed by atoms with Crippen LogP contribution in [0.5, 0.6) is 0 Å². The number of halogens is 4. The normalized spacial score (nSPS) is 20.9. The van der Waals surface area contributed by atoms with Crippen LogP contribution >= 0.6 is 11.6 Å². The van der Waals surface area contributed by atoms with Crippen molar-refractivity contribution in [1.29, 1.82) is 5.26 Å². The fourth-order valence-electron chi connectivity index (χ4n) is 4.83. The third-order valence-electron chi connectivity index (χ3n) is 6.94. The lowest BCUT2D eigenvalue weighted by Crippen LogP contribution is -2.55. The summed E-state index contributed by atoms with van der Waals surface area (Å²) in [4.78, 5) is 19.3. The molecule has 4 rings (SSSR count). The van der Waals surface area contributed by atoms with Crippen LogP contribution in [-0.2, 0) is 23.8 Å². The van der Waals surface area contributed by atoms with Crippen molar-refractivity contribution in [3.8, 4) is 6.07 Å². The highest BCUT2D eigenvalue weighted by molar-refractivity contribution is 6.32. The third-order valence-corrected chi connectivity index (χ3v) is 7.39. The maximum atomic E-state index is 13.2. The zero-order chi connectivity index (χ0) is 24.8. The van der Waals surface area contributed by atoms with Gasteiger partial charge in [0.05, 0.1) is 28.3 Å². The van der Waals surface area contributed by atoms with Crippen LogP contribution in [0.2, 0.25) is 5.02 Å². The number of likely N-dealkylation sites (N-methyl/N-ethyl adjacent to an activating group) is 1. The monoisotopic (exact) mass is 490 g/mol. The lowest BCUT2D eigenvalue weighted by atomic mass is 10.0. The first-order valence-electron chi connectivity index (χ1n) is 11.2. The summed E-state index contributed by atoms with van der Waals surface area (Å²) in [7, 11) is 2.08. The van der Waals surface area contributed by atoms with Gasteiger partial charge >= 0.3 is 6.18 Å².